The summed E-state index contributed by atoms with van der Waals surface area (Å²) in [7, 11) is 0. The summed E-state index contributed by atoms with van der Waals surface area (Å²) >= 11 is 0. The lowest BCUT2D eigenvalue weighted by Gasteiger charge is -2.20. The maximum Gasteiger partial charge on any atom is 0.178 e. The van der Waals surface area contributed by atoms with Crippen molar-refractivity contribution in [3.63, 3.8) is 0 Å². The van der Waals surface area contributed by atoms with E-state index >= 15 is 0 Å². The molecule has 1 spiro atoms. The molecule has 3 nitrogen and oxygen atoms in total. The highest BCUT2D eigenvalue weighted by Gasteiger charge is 2.36. The molecule has 0 unspecified atom stereocenters. The normalized spacial score (nSPS) is 25.7. The Morgan fingerprint density at radius 2 is 1.92 bits per heavy atom. The van der Waals surface area contributed by atoms with E-state index in [2.05, 4.69) is 0 Å². The largest absolute Gasteiger partial charge is 0.359 e. The highest BCUT2D eigenvalue weighted by atomic mass is 16.5. The lowest BCUT2D eigenvalue weighted by atomic mass is 9.94. The van der Waals surface area contributed by atoms with E-state index in [0.717, 1.165) is 0 Å². The second-order valence-electron chi connectivity index (χ2n) is 3.03. The zero-order chi connectivity index (χ0) is 8.60. The predicted octanol–water partition coefficient (Wildman–Crippen LogP) is 0.410. The fourth-order valence-electron chi connectivity index (χ4n) is 1.40. The number of rotatable bonds is 0. The van der Waals surface area contributed by atoms with Gasteiger partial charge in [0.15, 0.2) is 11.6 Å². The molecule has 1 aliphatic carbocycles. The quantitative estimate of drug-likeness (QED) is 0.520. The van der Waals surface area contributed by atoms with Gasteiger partial charge in [-0.2, -0.15) is 0 Å². The zero-order valence-corrected chi connectivity index (χ0v) is 6.45. The molecule has 1 saturated heterocycles. The van der Waals surface area contributed by atoms with Crippen molar-refractivity contribution in [2.24, 2.45) is 0 Å². The van der Waals surface area contributed by atoms with E-state index in [1.807, 2.05) is 0 Å². The number of ether oxygens (including phenoxy) is 1. The first-order valence-corrected chi connectivity index (χ1v) is 3.78. The summed E-state index contributed by atoms with van der Waals surface area (Å²) in [5, 5.41) is 0. The molecule has 2 aliphatic rings. The van der Waals surface area contributed by atoms with Gasteiger partial charge in [-0.1, -0.05) is 0 Å². The summed E-state index contributed by atoms with van der Waals surface area (Å²) in [5.41, 5.74) is -0.606. The summed E-state index contributed by atoms with van der Waals surface area (Å²) in [4.78, 5) is 21.7. The Balaban J connectivity index is 2.25. The molecule has 0 aromatic heterocycles. The van der Waals surface area contributed by atoms with E-state index < -0.39 is 5.60 Å². The molecular weight excluding hydrogens is 156 g/mol. The molecule has 0 amide bonds. The van der Waals surface area contributed by atoms with Gasteiger partial charge in [-0.15, -0.1) is 0 Å². The molecule has 0 aromatic carbocycles. The minimum atomic E-state index is -0.606. The average Bonchev–Trinajstić information content (AvgIpc) is 2.40. The van der Waals surface area contributed by atoms with Crippen LogP contribution in [-0.4, -0.2) is 23.8 Å². The van der Waals surface area contributed by atoms with Crippen LogP contribution in [0.3, 0.4) is 0 Å². The molecule has 3 heteroatoms. The highest BCUT2D eigenvalue weighted by Crippen LogP contribution is 2.28. The van der Waals surface area contributed by atoms with Crippen molar-refractivity contribution in [1.82, 2.24) is 0 Å². The number of hydrogen-bond donors (Lipinski definition) is 0. The van der Waals surface area contributed by atoms with Gasteiger partial charge in [0.2, 0.25) is 0 Å². The van der Waals surface area contributed by atoms with Crippen molar-refractivity contribution in [2.75, 3.05) is 6.61 Å². The second kappa shape index (κ2) is 2.38. The molecule has 2 rings (SSSR count). The van der Waals surface area contributed by atoms with Crippen LogP contribution in [0.2, 0.25) is 0 Å². The van der Waals surface area contributed by atoms with E-state index in [0.29, 0.717) is 6.42 Å². The Kier molecular flexibility index (Phi) is 1.48. The fourth-order valence-corrected chi connectivity index (χ4v) is 1.40. The molecule has 0 aromatic rings. The van der Waals surface area contributed by atoms with Crippen LogP contribution >= 0.6 is 0 Å². The van der Waals surface area contributed by atoms with Gasteiger partial charge >= 0.3 is 0 Å². The summed E-state index contributed by atoms with van der Waals surface area (Å²) in [6, 6.07) is 0. The first-order valence-electron chi connectivity index (χ1n) is 3.78. The van der Waals surface area contributed by atoms with Crippen LogP contribution in [0, 0.1) is 0 Å². The number of carbonyl (C=O) groups excluding carboxylic acids is 2. The van der Waals surface area contributed by atoms with Gasteiger partial charge < -0.3 is 4.74 Å². The minimum absolute atomic E-state index is 0.0522. The van der Waals surface area contributed by atoms with Crippen LogP contribution in [0.5, 0.6) is 0 Å². The van der Waals surface area contributed by atoms with E-state index in [1.54, 1.807) is 12.2 Å². The van der Waals surface area contributed by atoms with Gasteiger partial charge in [0.25, 0.3) is 0 Å². The van der Waals surface area contributed by atoms with Crippen molar-refractivity contribution in [3.05, 3.63) is 24.3 Å². The molecule has 62 valence electrons. The number of hydrogen-bond acceptors (Lipinski definition) is 3. The predicted molar refractivity (Wildman–Crippen MR) is 41.6 cm³/mol. The van der Waals surface area contributed by atoms with Crippen LogP contribution in [0.25, 0.3) is 0 Å². The van der Waals surface area contributed by atoms with Crippen molar-refractivity contribution < 1.29 is 14.3 Å². The minimum Gasteiger partial charge on any atom is -0.359 e. The summed E-state index contributed by atoms with van der Waals surface area (Å²) in [6.45, 7) is 0.156. The van der Waals surface area contributed by atoms with E-state index in [4.69, 9.17) is 4.74 Å². The van der Waals surface area contributed by atoms with Crippen molar-refractivity contribution in [1.29, 1.82) is 0 Å². The Morgan fingerprint density at radius 3 is 2.42 bits per heavy atom. The Bertz CT molecular complexity index is 283. The smallest absolute Gasteiger partial charge is 0.178 e. The lowest BCUT2D eigenvalue weighted by Crippen LogP contribution is -2.24. The molecule has 0 bridgehead atoms. The first kappa shape index (κ1) is 7.43. The maximum absolute atomic E-state index is 10.9. The molecule has 0 N–H and O–H groups in total. The molecule has 1 fully saturated rings. The van der Waals surface area contributed by atoms with Crippen LogP contribution in [0.1, 0.15) is 6.42 Å². The lowest BCUT2D eigenvalue weighted by molar-refractivity contribution is -0.118. The number of carbonyl (C=O) groups is 2. The van der Waals surface area contributed by atoms with Gasteiger partial charge in [-0.3, -0.25) is 9.59 Å². The first-order chi connectivity index (χ1) is 5.70. The van der Waals surface area contributed by atoms with Gasteiger partial charge in [0.05, 0.1) is 0 Å². The molecule has 12 heavy (non-hydrogen) atoms. The van der Waals surface area contributed by atoms with Gasteiger partial charge in [-0.05, 0) is 24.3 Å². The average molecular weight is 164 g/mol. The maximum atomic E-state index is 10.9. The number of ketones is 2. The third-order valence-electron chi connectivity index (χ3n) is 2.03. The van der Waals surface area contributed by atoms with Crippen molar-refractivity contribution in [2.45, 2.75) is 12.0 Å². The standard InChI is InChI=1S/C9H8O3/c10-7-1-3-9(4-2-7)5-8(11)6-12-9/h1-4H,5-6H2. The topological polar surface area (TPSA) is 43.4 Å². The second-order valence-corrected chi connectivity index (χ2v) is 3.03. The van der Waals surface area contributed by atoms with Gasteiger partial charge in [-0.25, -0.2) is 0 Å². The molecule has 0 saturated carbocycles. The van der Waals surface area contributed by atoms with Crippen LogP contribution in [0.4, 0.5) is 0 Å². The Hall–Kier alpha value is -1.22. The summed E-state index contributed by atoms with van der Waals surface area (Å²) in [5.74, 6) is 0.0298. The number of Topliss-reactive ketones (excluding diaryl/α,β-unsaturated/α-hetero) is 1. The summed E-state index contributed by atoms with van der Waals surface area (Å²) < 4.78 is 5.27. The van der Waals surface area contributed by atoms with Crippen LogP contribution < -0.4 is 0 Å². The fraction of sp³-hybridized carbons (Fsp3) is 0.333. The van der Waals surface area contributed by atoms with Gasteiger partial charge in [0.1, 0.15) is 12.2 Å². The van der Waals surface area contributed by atoms with Crippen LogP contribution in [0.15, 0.2) is 24.3 Å². The van der Waals surface area contributed by atoms with E-state index in [-0.39, 0.29) is 18.2 Å². The summed E-state index contributed by atoms with van der Waals surface area (Å²) in [6.07, 6.45) is 6.55. The molecule has 0 atom stereocenters. The Labute approximate surface area is 69.7 Å². The number of allylic oxidation sites excluding steroid dienone is 2. The third-order valence-corrected chi connectivity index (χ3v) is 2.03. The van der Waals surface area contributed by atoms with Gasteiger partial charge in [0, 0.05) is 6.42 Å². The van der Waals surface area contributed by atoms with Crippen LogP contribution in [-0.2, 0) is 14.3 Å². The molecule has 1 heterocycles. The molecular formula is C9H8O3. The van der Waals surface area contributed by atoms with E-state index in [1.165, 1.54) is 12.2 Å². The highest BCUT2D eigenvalue weighted by molar-refractivity contribution is 6.01. The molecule has 0 radical (unpaired) electrons. The van der Waals surface area contributed by atoms with Crippen molar-refractivity contribution in [3.8, 4) is 0 Å². The third kappa shape index (κ3) is 1.12. The monoisotopic (exact) mass is 164 g/mol. The molecule has 1 aliphatic heterocycles. The Morgan fingerprint density at radius 1 is 1.25 bits per heavy atom. The zero-order valence-electron chi connectivity index (χ0n) is 6.45. The van der Waals surface area contributed by atoms with Crippen molar-refractivity contribution >= 4 is 11.6 Å². The van der Waals surface area contributed by atoms with E-state index in [9.17, 15) is 9.59 Å². The SMILES string of the molecule is O=C1C=CC2(C=C1)CC(=O)CO2.